The fraction of sp³-hybridized carbons (Fsp3) is 0.417. The summed E-state index contributed by atoms with van der Waals surface area (Å²) < 4.78 is 46.3. The van der Waals surface area contributed by atoms with Crippen molar-refractivity contribution in [2.75, 3.05) is 20.1 Å². The molecule has 45 heavy (non-hydrogen) atoms. The highest BCUT2D eigenvalue weighted by Crippen LogP contribution is 2.66. The molecule has 2 aliphatic heterocycles. The van der Waals surface area contributed by atoms with Crippen LogP contribution in [0.1, 0.15) is 47.6 Å². The number of likely N-dealkylation sites (tertiary alicyclic amines) is 1. The fourth-order valence-corrected chi connectivity index (χ4v) is 8.90. The number of phenols is 1. The third kappa shape index (κ3) is 4.57. The van der Waals surface area contributed by atoms with Crippen LogP contribution in [0, 0.1) is 5.92 Å². The highest BCUT2D eigenvalue weighted by Gasteiger charge is 2.74. The van der Waals surface area contributed by atoms with Gasteiger partial charge in [0, 0.05) is 31.3 Å². The molecule has 2 N–H and O–H groups in total. The van der Waals surface area contributed by atoms with E-state index < -0.39 is 34.9 Å². The minimum Gasteiger partial charge on any atom is -0.504 e. The van der Waals surface area contributed by atoms with Gasteiger partial charge in [-0.25, -0.2) is 0 Å². The van der Waals surface area contributed by atoms with Crippen LogP contribution in [0.2, 0.25) is 0 Å². The number of carbonyl (C=O) groups excluding carboxylic acids is 1. The second-order valence-electron chi connectivity index (χ2n) is 13.2. The first-order valence-electron chi connectivity index (χ1n) is 15.6. The Morgan fingerprint density at radius 1 is 1.13 bits per heavy atom. The summed E-state index contributed by atoms with van der Waals surface area (Å²) in [5, 5.41) is 23.9. The molecule has 0 radical (unpaired) electrons. The van der Waals surface area contributed by atoms with Gasteiger partial charge in [0.25, 0.3) is 0 Å². The van der Waals surface area contributed by atoms with Gasteiger partial charge in [0.15, 0.2) is 11.5 Å². The Balaban J connectivity index is 1.21. The van der Waals surface area contributed by atoms with Crippen molar-refractivity contribution < 1.29 is 32.9 Å². The average molecular weight is 619 g/mol. The molecule has 236 valence electrons. The summed E-state index contributed by atoms with van der Waals surface area (Å²) in [7, 11) is 1.68. The number of carbonyl (C=O) groups is 1. The Hall–Kier alpha value is -3.82. The highest BCUT2D eigenvalue weighted by molar-refractivity contribution is 5.92. The zero-order valence-corrected chi connectivity index (χ0v) is 25.3. The molecule has 1 spiro atoms. The number of rotatable bonds is 6. The molecule has 2 bridgehead atoms. The molecule has 1 amide bonds. The molecule has 6 atom stereocenters. The van der Waals surface area contributed by atoms with Crippen molar-refractivity contribution in [3.05, 3.63) is 101 Å². The molecule has 2 fully saturated rings. The predicted molar refractivity (Wildman–Crippen MR) is 164 cm³/mol. The Morgan fingerprint density at radius 2 is 1.91 bits per heavy atom. The number of ether oxygens (including phenoxy) is 1. The maximum atomic E-state index is 13.6. The summed E-state index contributed by atoms with van der Waals surface area (Å²) in [6.07, 6.45) is 0.143. The number of nitrogens with zero attached hydrogens (tertiary/aromatic N) is 2. The van der Waals surface area contributed by atoms with Crippen molar-refractivity contribution >= 4 is 12.0 Å². The number of hydrogen-bond acceptors (Lipinski definition) is 5. The molecule has 2 aliphatic carbocycles. The van der Waals surface area contributed by atoms with Gasteiger partial charge in [-0.3, -0.25) is 9.69 Å². The van der Waals surface area contributed by atoms with E-state index in [1.165, 1.54) is 29.8 Å². The first kappa shape index (κ1) is 29.9. The quantitative estimate of drug-likeness (QED) is 0.353. The zero-order chi connectivity index (χ0) is 31.7. The minimum atomic E-state index is -4.48. The van der Waals surface area contributed by atoms with E-state index in [1.54, 1.807) is 18.0 Å². The SMILES string of the molecule is C[C@@H]1C[C@@]2(O)[C@H]3Cc4ccc(O)c5c4[C@@]2(CCN3CCc2ccccc2)[C@@H](O5)[C@@H]1N(C)C(=O)C=Cc1cccc(C(F)(F)F)c1. The van der Waals surface area contributed by atoms with Crippen LogP contribution in [0.15, 0.2) is 72.8 Å². The molecule has 3 aromatic rings. The predicted octanol–water partition coefficient (Wildman–Crippen LogP) is 5.59. The van der Waals surface area contributed by atoms with Crippen molar-refractivity contribution in [3.8, 4) is 11.5 Å². The molecule has 0 unspecified atom stereocenters. The lowest BCUT2D eigenvalue weighted by atomic mass is 9.46. The summed E-state index contributed by atoms with van der Waals surface area (Å²) in [6, 6.07) is 18.2. The monoisotopic (exact) mass is 618 g/mol. The highest BCUT2D eigenvalue weighted by atomic mass is 19.4. The number of amides is 1. The number of likely N-dealkylation sites (N-methyl/N-ethyl adjacent to an activating group) is 1. The van der Waals surface area contributed by atoms with Crippen LogP contribution >= 0.6 is 0 Å². The van der Waals surface area contributed by atoms with Crippen molar-refractivity contribution in [1.29, 1.82) is 0 Å². The van der Waals surface area contributed by atoms with Gasteiger partial charge in [-0.2, -0.15) is 13.2 Å². The van der Waals surface area contributed by atoms with Crippen molar-refractivity contribution in [2.45, 2.75) is 68.0 Å². The number of phenolic OH excluding ortho intramolecular Hbond substituents is 1. The van der Waals surface area contributed by atoms with E-state index in [1.807, 2.05) is 31.2 Å². The van der Waals surface area contributed by atoms with Gasteiger partial charge in [0.2, 0.25) is 5.91 Å². The largest absolute Gasteiger partial charge is 0.504 e. The lowest BCUT2D eigenvalue weighted by Crippen LogP contribution is -2.79. The standard InChI is InChI=1S/C36H37F3N2O4/c1-22-21-35(44)28-20-25-12-13-27(42)32-30(25)34(35,16-18-41(28)17-15-23-7-4-3-5-8-23)33(45-32)31(22)40(2)29(43)14-11-24-9-6-10-26(19-24)36(37,38)39/h3-14,19,22,28,31,33,42,44H,15-18,20-21H2,1-2H3/t22-,28-,31-,33+,34+,35-/m1/s1. The van der Waals surface area contributed by atoms with E-state index in [9.17, 15) is 28.2 Å². The van der Waals surface area contributed by atoms with Crippen LogP contribution in [-0.4, -0.2) is 69.8 Å². The maximum absolute atomic E-state index is 13.6. The summed E-state index contributed by atoms with van der Waals surface area (Å²) >= 11 is 0. The van der Waals surface area contributed by atoms with E-state index in [0.717, 1.165) is 42.8 Å². The van der Waals surface area contributed by atoms with Gasteiger partial charge in [-0.15, -0.1) is 0 Å². The molecule has 3 aromatic carbocycles. The minimum absolute atomic E-state index is 0.0228. The zero-order valence-electron chi connectivity index (χ0n) is 25.3. The first-order chi connectivity index (χ1) is 21.4. The number of halogens is 3. The number of aliphatic hydroxyl groups is 1. The molecule has 1 saturated carbocycles. The lowest BCUT2D eigenvalue weighted by Gasteiger charge is -2.66. The van der Waals surface area contributed by atoms with Crippen LogP contribution in [-0.2, 0) is 29.2 Å². The third-order valence-corrected chi connectivity index (χ3v) is 10.9. The van der Waals surface area contributed by atoms with Crippen LogP contribution < -0.4 is 4.74 Å². The smallest absolute Gasteiger partial charge is 0.416 e. The average Bonchev–Trinajstić information content (AvgIpc) is 3.36. The Kier molecular flexibility index (Phi) is 7.05. The fourth-order valence-electron chi connectivity index (χ4n) is 8.90. The van der Waals surface area contributed by atoms with E-state index in [2.05, 4.69) is 17.0 Å². The molecular weight excluding hydrogens is 581 g/mol. The third-order valence-electron chi connectivity index (χ3n) is 10.9. The maximum Gasteiger partial charge on any atom is 0.416 e. The van der Waals surface area contributed by atoms with Crippen LogP contribution in [0.25, 0.3) is 6.08 Å². The molecule has 4 aliphatic rings. The first-order valence-corrected chi connectivity index (χ1v) is 15.6. The number of piperidine rings is 1. The van der Waals surface area contributed by atoms with E-state index in [4.69, 9.17) is 4.74 Å². The van der Waals surface area contributed by atoms with Crippen LogP contribution in [0.5, 0.6) is 11.5 Å². The second kappa shape index (κ2) is 10.6. The summed E-state index contributed by atoms with van der Waals surface area (Å²) in [5.74, 6) is -0.123. The number of benzene rings is 3. The summed E-state index contributed by atoms with van der Waals surface area (Å²) in [4.78, 5) is 17.6. The molecular formula is C36H37F3N2O4. The second-order valence-corrected chi connectivity index (χ2v) is 13.2. The Morgan fingerprint density at radius 3 is 2.67 bits per heavy atom. The number of hydrogen-bond donors (Lipinski definition) is 2. The van der Waals surface area contributed by atoms with E-state index >= 15 is 0 Å². The normalized spacial score (nSPS) is 30.2. The number of aromatic hydroxyl groups is 1. The summed E-state index contributed by atoms with van der Waals surface area (Å²) in [6.45, 7) is 3.55. The van der Waals surface area contributed by atoms with Crippen molar-refractivity contribution in [3.63, 3.8) is 0 Å². The van der Waals surface area contributed by atoms with Gasteiger partial charge in [-0.1, -0.05) is 55.5 Å². The molecule has 2 heterocycles. The van der Waals surface area contributed by atoms with Crippen molar-refractivity contribution in [2.24, 2.45) is 5.92 Å². The molecule has 7 rings (SSSR count). The van der Waals surface area contributed by atoms with Crippen LogP contribution in [0.4, 0.5) is 13.2 Å². The lowest BCUT2D eigenvalue weighted by molar-refractivity contribution is -0.211. The summed E-state index contributed by atoms with van der Waals surface area (Å²) in [5.41, 5.74) is 0.687. The molecule has 6 nitrogen and oxygen atoms in total. The number of alkyl halides is 3. The van der Waals surface area contributed by atoms with Gasteiger partial charge < -0.3 is 19.8 Å². The van der Waals surface area contributed by atoms with Gasteiger partial charge in [0.1, 0.15) is 6.10 Å². The van der Waals surface area contributed by atoms with Crippen molar-refractivity contribution in [1.82, 2.24) is 9.80 Å². The van der Waals surface area contributed by atoms with E-state index in [0.29, 0.717) is 25.0 Å². The Bertz CT molecular complexity index is 1660. The molecule has 9 heteroatoms. The topological polar surface area (TPSA) is 73.2 Å². The van der Waals surface area contributed by atoms with Gasteiger partial charge in [-0.05, 0) is 79.1 Å². The molecule has 1 saturated heterocycles. The van der Waals surface area contributed by atoms with Gasteiger partial charge >= 0.3 is 6.18 Å². The van der Waals surface area contributed by atoms with E-state index in [-0.39, 0.29) is 29.2 Å². The van der Waals surface area contributed by atoms with Gasteiger partial charge in [0.05, 0.1) is 22.6 Å². The molecule has 0 aromatic heterocycles. The Labute approximate surface area is 260 Å². The van der Waals surface area contributed by atoms with Crippen LogP contribution in [0.3, 0.4) is 0 Å².